The van der Waals surface area contributed by atoms with Crippen molar-refractivity contribution < 1.29 is 14.2 Å². The first-order valence-corrected chi connectivity index (χ1v) is 15.9. The van der Waals surface area contributed by atoms with Gasteiger partial charge in [-0.1, -0.05) is 70.0 Å². The summed E-state index contributed by atoms with van der Waals surface area (Å²) in [5.74, 6) is 2.65. The molecule has 4 rings (SSSR count). The SMILES string of the molecule is CCCCP1(CCCC)=C(c2ccc(OC)cc2)C=C(c2ccc(OC)cc2)C=C1c1ccc(OC)cc1. The fraction of sp³-hybridized carbons (Fsp3) is 0.324. The fourth-order valence-corrected chi connectivity index (χ4v) is 10.5. The van der Waals surface area contributed by atoms with Crippen molar-refractivity contribution in [3.63, 3.8) is 0 Å². The quantitative estimate of drug-likeness (QED) is 0.220. The molecule has 1 heterocycles. The average Bonchev–Trinajstić information content (AvgIpc) is 2.99. The van der Waals surface area contributed by atoms with Crippen LogP contribution < -0.4 is 14.2 Å². The lowest BCUT2D eigenvalue weighted by Gasteiger charge is -2.36. The van der Waals surface area contributed by atoms with E-state index in [1.54, 1.807) is 21.3 Å². The van der Waals surface area contributed by atoms with E-state index in [4.69, 9.17) is 14.2 Å². The number of rotatable bonds is 12. The highest BCUT2D eigenvalue weighted by atomic mass is 31.2. The highest BCUT2D eigenvalue weighted by molar-refractivity contribution is 7.86. The molecule has 0 aromatic heterocycles. The molecule has 0 spiro atoms. The summed E-state index contributed by atoms with van der Waals surface area (Å²) >= 11 is 0. The first-order chi connectivity index (χ1) is 18.6. The second kappa shape index (κ2) is 13.1. The van der Waals surface area contributed by atoms with Gasteiger partial charge in [-0.2, -0.15) is 0 Å². The third-order valence-corrected chi connectivity index (χ3v) is 12.3. The number of ether oxygens (including phenoxy) is 3. The molecule has 1 aliphatic rings. The predicted molar refractivity (Wildman–Crippen MR) is 166 cm³/mol. The van der Waals surface area contributed by atoms with E-state index >= 15 is 0 Å². The lowest BCUT2D eigenvalue weighted by molar-refractivity contribution is 0.414. The van der Waals surface area contributed by atoms with Gasteiger partial charge < -0.3 is 14.2 Å². The van der Waals surface area contributed by atoms with Crippen LogP contribution in [0.25, 0.3) is 10.9 Å². The van der Waals surface area contributed by atoms with Crippen molar-refractivity contribution in [2.24, 2.45) is 0 Å². The molecule has 3 aromatic rings. The summed E-state index contributed by atoms with van der Waals surface area (Å²) in [5, 5.41) is 3.00. The molecule has 3 nitrogen and oxygen atoms in total. The summed E-state index contributed by atoms with van der Waals surface area (Å²) in [7, 11) is 5.18. The predicted octanol–water partition coefficient (Wildman–Crippen LogP) is 8.99. The maximum atomic E-state index is 5.51. The van der Waals surface area contributed by atoms with E-state index in [1.807, 2.05) is 0 Å². The molecule has 0 atom stereocenters. The number of benzene rings is 3. The van der Waals surface area contributed by atoms with Crippen molar-refractivity contribution in [3.05, 3.63) is 102 Å². The molecule has 0 N–H and O–H groups in total. The number of unbranched alkanes of at least 4 members (excludes halogenated alkanes) is 2. The van der Waals surface area contributed by atoms with Crippen molar-refractivity contribution in [2.75, 3.05) is 33.7 Å². The van der Waals surface area contributed by atoms with Gasteiger partial charge in [0.2, 0.25) is 0 Å². The van der Waals surface area contributed by atoms with E-state index in [0.717, 1.165) is 17.2 Å². The molecule has 0 fully saturated rings. The summed E-state index contributed by atoms with van der Waals surface area (Å²) in [6, 6.07) is 25.8. The van der Waals surface area contributed by atoms with Crippen LogP contribution in [0.2, 0.25) is 0 Å². The fourth-order valence-electron chi connectivity index (χ4n) is 5.30. The lowest BCUT2D eigenvalue weighted by Crippen LogP contribution is -2.14. The van der Waals surface area contributed by atoms with Gasteiger partial charge in [-0.05, 0) is 107 Å². The molecule has 0 unspecified atom stereocenters. The highest BCUT2D eigenvalue weighted by Gasteiger charge is 2.31. The Morgan fingerprint density at radius 1 is 0.526 bits per heavy atom. The summed E-state index contributed by atoms with van der Waals surface area (Å²) in [6.45, 7) is 2.90. The van der Waals surface area contributed by atoms with Crippen LogP contribution in [0, 0.1) is 0 Å². The van der Waals surface area contributed by atoms with Crippen LogP contribution in [-0.2, 0) is 0 Å². The molecule has 3 aromatic carbocycles. The summed E-state index contributed by atoms with van der Waals surface area (Å²) < 4.78 is 16.5. The molecule has 0 radical (unpaired) electrons. The van der Waals surface area contributed by atoms with Crippen LogP contribution in [0.5, 0.6) is 17.2 Å². The molecule has 0 aliphatic carbocycles. The molecule has 38 heavy (non-hydrogen) atoms. The van der Waals surface area contributed by atoms with E-state index in [2.05, 4.69) is 98.8 Å². The molecule has 0 bridgehead atoms. The van der Waals surface area contributed by atoms with Gasteiger partial charge in [0.25, 0.3) is 0 Å². The van der Waals surface area contributed by atoms with Crippen molar-refractivity contribution in [2.45, 2.75) is 39.5 Å². The average molecular weight is 529 g/mol. The van der Waals surface area contributed by atoms with Gasteiger partial charge in [-0.15, -0.1) is 0 Å². The number of hydrogen-bond acceptors (Lipinski definition) is 3. The van der Waals surface area contributed by atoms with Gasteiger partial charge in [-0.25, -0.2) is 0 Å². The maximum Gasteiger partial charge on any atom is 0.118 e. The first-order valence-electron chi connectivity index (χ1n) is 13.7. The Balaban J connectivity index is 2.04. The van der Waals surface area contributed by atoms with Gasteiger partial charge in [0, 0.05) is 0 Å². The maximum absolute atomic E-state index is 5.51. The molecular formula is C34H41O3P. The molecule has 4 heteroatoms. The molecule has 1 aliphatic heterocycles. The Morgan fingerprint density at radius 2 is 0.947 bits per heavy atom. The number of allylic oxidation sites excluding steroid dienone is 3. The van der Waals surface area contributed by atoms with Crippen molar-refractivity contribution in [1.29, 1.82) is 0 Å². The second-order valence-corrected chi connectivity index (χ2v) is 13.6. The van der Waals surface area contributed by atoms with Crippen molar-refractivity contribution >= 4 is 23.1 Å². The molecule has 0 amide bonds. The van der Waals surface area contributed by atoms with Gasteiger partial charge in [-0.3, -0.25) is 0 Å². The van der Waals surface area contributed by atoms with E-state index in [0.29, 0.717) is 0 Å². The minimum atomic E-state index is -1.71. The monoisotopic (exact) mass is 528 g/mol. The Bertz CT molecular complexity index is 1300. The zero-order chi connectivity index (χ0) is 27.0. The van der Waals surface area contributed by atoms with Crippen LogP contribution >= 0.6 is 6.89 Å². The summed E-state index contributed by atoms with van der Waals surface area (Å²) in [5.41, 5.74) is 5.05. The Kier molecular flexibility index (Phi) is 9.58. The van der Waals surface area contributed by atoms with Crippen LogP contribution in [-0.4, -0.2) is 38.9 Å². The van der Waals surface area contributed by atoms with Gasteiger partial charge in [0.1, 0.15) is 17.2 Å². The summed E-state index contributed by atoms with van der Waals surface area (Å²) in [4.78, 5) is 0. The Morgan fingerprint density at radius 3 is 1.37 bits per heavy atom. The van der Waals surface area contributed by atoms with E-state index < -0.39 is 6.89 Å². The zero-order valence-electron chi connectivity index (χ0n) is 23.5. The van der Waals surface area contributed by atoms with Gasteiger partial charge in [0.05, 0.1) is 21.3 Å². The number of methoxy groups -OCH3 is 3. The first kappa shape index (κ1) is 27.9. The largest absolute Gasteiger partial charge is 0.497 e. The molecular weight excluding hydrogens is 487 g/mol. The van der Waals surface area contributed by atoms with Gasteiger partial charge in [0.15, 0.2) is 0 Å². The van der Waals surface area contributed by atoms with E-state index in [-0.39, 0.29) is 0 Å². The normalized spacial score (nSPS) is 14.5. The zero-order valence-corrected chi connectivity index (χ0v) is 24.4. The van der Waals surface area contributed by atoms with Crippen molar-refractivity contribution in [1.82, 2.24) is 0 Å². The number of hydrogen-bond donors (Lipinski definition) is 0. The third kappa shape index (κ3) is 5.94. The Hall–Kier alpha value is -3.16. The minimum Gasteiger partial charge on any atom is -0.497 e. The van der Waals surface area contributed by atoms with Crippen molar-refractivity contribution in [3.8, 4) is 17.2 Å². The standard InChI is InChI=1S/C34H41O3P/c1-6-8-22-38(23-9-7-2)33(27-12-18-31(36-4)19-13-27)24-29(26-10-16-30(35-3)17-11-26)25-34(38)28-14-20-32(37-5)21-15-28/h10-21,24-25H,6-9,22-23H2,1-5H3. The molecule has 0 saturated carbocycles. The Labute approximate surface area is 229 Å². The molecule has 0 saturated heterocycles. The van der Waals surface area contributed by atoms with Crippen LogP contribution in [0.1, 0.15) is 56.2 Å². The second-order valence-electron chi connectivity index (χ2n) is 9.82. The van der Waals surface area contributed by atoms with E-state index in [1.165, 1.54) is 70.9 Å². The van der Waals surface area contributed by atoms with Crippen LogP contribution in [0.4, 0.5) is 0 Å². The summed E-state index contributed by atoms with van der Waals surface area (Å²) in [6.07, 6.45) is 12.2. The third-order valence-electron chi connectivity index (χ3n) is 7.49. The lowest BCUT2D eigenvalue weighted by atomic mass is 10.00. The topological polar surface area (TPSA) is 27.7 Å². The smallest absolute Gasteiger partial charge is 0.118 e. The van der Waals surface area contributed by atoms with E-state index in [9.17, 15) is 0 Å². The minimum absolute atomic E-state index is 0.872. The molecule has 200 valence electrons. The van der Waals surface area contributed by atoms with Gasteiger partial charge >= 0.3 is 0 Å². The van der Waals surface area contributed by atoms with Crippen LogP contribution in [0.3, 0.4) is 0 Å². The van der Waals surface area contributed by atoms with Crippen LogP contribution in [0.15, 0.2) is 84.9 Å². The highest BCUT2D eigenvalue weighted by Crippen LogP contribution is 2.65.